The molecular formula is C21H31N3O5S. The van der Waals surface area contributed by atoms with E-state index in [1.165, 1.54) is 0 Å². The molecule has 8 nitrogen and oxygen atoms in total. The van der Waals surface area contributed by atoms with E-state index in [4.69, 9.17) is 4.74 Å². The Hall–Kier alpha value is -1.97. The van der Waals surface area contributed by atoms with Crippen molar-refractivity contribution >= 4 is 21.8 Å². The Kier molecular flexibility index (Phi) is 8.24. The predicted molar refractivity (Wildman–Crippen MR) is 112 cm³/mol. The van der Waals surface area contributed by atoms with Crippen molar-refractivity contribution < 1.29 is 22.7 Å². The largest absolute Gasteiger partial charge is 0.376 e. The van der Waals surface area contributed by atoms with Crippen molar-refractivity contribution in [2.75, 3.05) is 26.2 Å². The van der Waals surface area contributed by atoms with E-state index >= 15 is 0 Å². The summed E-state index contributed by atoms with van der Waals surface area (Å²) in [4.78, 5) is 24.5. The number of sulfonamides is 1. The number of amides is 2. The number of benzene rings is 1. The molecular weight excluding hydrogens is 406 g/mol. The molecule has 1 heterocycles. The molecule has 2 aliphatic rings. The molecule has 0 spiro atoms. The predicted octanol–water partition coefficient (Wildman–Crippen LogP) is 1.18. The minimum Gasteiger partial charge on any atom is -0.376 e. The number of rotatable bonds is 9. The fourth-order valence-electron chi connectivity index (χ4n) is 3.95. The van der Waals surface area contributed by atoms with Crippen LogP contribution in [-0.2, 0) is 24.3 Å². The van der Waals surface area contributed by atoms with Crippen LogP contribution in [0, 0.1) is 11.8 Å². The summed E-state index contributed by atoms with van der Waals surface area (Å²) in [5.41, 5.74) is 0. The van der Waals surface area contributed by atoms with Crippen molar-refractivity contribution in [1.29, 1.82) is 0 Å². The van der Waals surface area contributed by atoms with Gasteiger partial charge in [-0.25, -0.2) is 13.1 Å². The summed E-state index contributed by atoms with van der Waals surface area (Å²) in [5, 5.41) is 5.51. The molecule has 3 rings (SSSR count). The standard InChI is InChI=1S/C21H31N3O5S/c25-20(22-14-18-5-4-12-29-18)15-23-21(26)17-10-8-16(9-11-17)13-24-30(27,28)19-6-2-1-3-7-19/h1-3,6-7,16-18,24H,4-5,8-15H2,(H,22,25)(H,23,26)/t16?,17?,18-/m1/s1. The van der Waals surface area contributed by atoms with Crippen molar-refractivity contribution in [2.24, 2.45) is 11.8 Å². The second-order valence-electron chi connectivity index (χ2n) is 8.04. The molecule has 1 aromatic carbocycles. The molecule has 2 fully saturated rings. The average Bonchev–Trinajstić information content (AvgIpc) is 3.29. The van der Waals surface area contributed by atoms with Gasteiger partial charge >= 0.3 is 0 Å². The summed E-state index contributed by atoms with van der Waals surface area (Å²) >= 11 is 0. The first-order chi connectivity index (χ1) is 14.4. The van der Waals surface area contributed by atoms with Crippen molar-refractivity contribution in [3.8, 4) is 0 Å². The second kappa shape index (κ2) is 10.9. The molecule has 1 aliphatic carbocycles. The molecule has 0 bridgehead atoms. The third kappa shape index (κ3) is 6.78. The van der Waals surface area contributed by atoms with Gasteiger partial charge in [0.1, 0.15) is 0 Å². The first kappa shape index (κ1) is 22.7. The summed E-state index contributed by atoms with van der Waals surface area (Å²) in [6.45, 7) is 1.58. The van der Waals surface area contributed by atoms with E-state index < -0.39 is 10.0 Å². The quantitative estimate of drug-likeness (QED) is 0.537. The average molecular weight is 438 g/mol. The van der Waals surface area contributed by atoms with Gasteiger partial charge in [0.05, 0.1) is 17.5 Å². The second-order valence-corrected chi connectivity index (χ2v) is 9.81. The molecule has 2 amide bonds. The van der Waals surface area contributed by atoms with E-state index in [0.29, 0.717) is 25.9 Å². The lowest BCUT2D eigenvalue weighted by Crippen LogP contribution is -2.42. The van der Waals surface area contributed by atoms with Crippen LogP contribution < -0.4 is 15.4 Å². The number of hydrogen-bond acceptors (Lipinski definition) is 5. The Labute approximate surface area is 178 Å². The van der Waals surface area contributed by atoms with E-state index in [-0.39, 0.29) is 41.2 Å². The van der Waals surface area contributed by atoms with Gasteiger partial charge in [-0.3, -0.25) is 9.59 Å². The molecule has 30 heavy (non-hydrogen) atoms. The fraction of sp³-hybridized carbons (Fsp3) is 0.619. The lowest BCUT2D eigenvalue weighted by molar-refractivity contribution is -0.129. The van der Waals surface area contributed by atoms with Crippen LogP contribution in [0.25, 0.3) is 0 Å². The summed E-state index contributed by atoms with van der Waals surface area (Å²) < 4.78 is 32.8. The Morgan fingerprint density at radius 1 is 0.967 bits per heavy atom. The molecule has 3 N–H and O–H groups in total. The molecule has 0 unspecified atom stereocenters. The third-order valence-electron chi connectivity index (χ3n) is 5.81. The maximum atomic E-state index is 12.3. The van der Waals surface area contributed by atoms with Crippen LogP contribution in [0.15, 0.2) is 35.2 Å². The van der Waals surface area contributed by atoms with Crippen LogP contribution in [0.2, 0.25) is 0 Å². The number of nitrogens with one attached hydrogen (secondary N) is 3. The number of ether oxygens (including phenoxy) is 1. The van der Waals surface area contributed by atoms with E-state index in [2.05, 4.69) is 15.4 Å². The Morgan fingerprint density at radius 2 is 1.70 bits per heavy atom. The van der Waals surface area contributed by atoms with Gasteiger partial charge < -0.3 is 15.4 Å². The van der Waals surface area contributed by atoms with Crippen LogP contribution in [0.4, 0.5) is 0 Å². The lowest BCUT2D eigenvalue weighted by Gasteiger charge is -2.27. The van der Waals surface area contributed by atoms with Gasteiger partial charge in [-0.05, 0) is 56.6 Å². The van der Waals surface area contributed by atoms with Gasteiger partial charge in [-0.15, -0.1) is 0 Å². The molecule has 0 radical (unpaired) electrons. The Morgan fingerprint density at radius 3 is 2.37 bits per heavy atom. The van der Waals surface area contributed by atoms with Gasteiger partial charge in [0, 0.05) is 25.6 Å². The number of carbonyl (C=O) groups is 2. The van der Waals surface area contributed by atoms with Crippen molar-refractivity contribution in [1.82, 2.24) is 15.4 Å². The highest BCUT2D eigenvalue weighted by molar-refractivity contribution is 7.89. The maximum Gasteiger partial charge on any atom is 0.240 e. The Bertz CT molecular complexity index is 801. The zero-order chi connectivity index (χ0) is 21.4. The molecule has 1 aliphatic heterocycles. The normalized spacial score (nSPS) is 24.3. The number of hydrogen-bond donors (Lipinski definition) is 3. The van der Waals surface area contributed by atoms with E-state index in [0.717, 1.165) is 32.3 Å². The van der Waals surface area contributed by atoms with Gasteiger partial charge in [0.25, 0.3) is 0 Å². The molecule has 1 saturated heterocycles. The fourth-order valence-corrected chi connectivity index (χ4v) is 5.08. The highest BCUT2D eigenvalue weighted by atomic mass is 32.2. The minimum absolute atomic E-state index is 0.0254. The van der Waals surface area contributed by atoms with Crippen LogP contribution in [0.3, 0.4) is 0 Å². The molecule has 9 heteroatoms. The van der Waals surface area contributed by atoms with Crippen LogP contribution in [-0.4, -0.2) is 52.6 Å². The third-order valence-corrected chi connectivity index (χ3v) is 7.25. The highest BCUT2D eigenvalue weighted by Crippen LogP contribution is 2.28. The van der Waals surface area contributed by atoms with Crippen LogP contribution in [0.1, 0.15) is 38.5 Å². The first-order valence-corrected chi connectivity index (χ1v) is 12.1. The zero-order valence-electron chi connectivity index (χ0n) is 17.1. The summed E-state index contributed by atoms with van der Waals surface area (Å²) in [7, 11) is -3.50. The van der Waals surface area contributed by atoms with Gasteiger partial charge in [0.2, 0.25) is 21.8 Å². The molecule has 0 aromatic heterocycles. The monoisotopic (exact) mass is 437 g/mol. The molecule has 1 saturated carbocycles. The minimum atomic E-state index is -3.50. The first-order valence-electron chi connectivity index (χ1n) is 10.6. The van der Waals surface area contributed by atoms with Crippen molar-refractivity contribution in [3.05, 3.63) is 30.3 Å². The van der Waals surface area contributed by atoms with Crippen molar-refractivity contribution in [3.63, 3.8) is 0 Å². The zero-order valence-corrected chi connectivity index (χ0v) is 18.0. The lowest BCUT2D eigenvalue weighted by atomic mass is 9.81. The van der Waals surface area contributed by atoms with Gasteiger partial charge in [0.15, 0.2) is 0 Å². The molecule has 1 atom stereocenters. The molecule has 166 valence electrons. The summed E-state index contributed by atoms with van der Waals surface area (Å²) in [5.74, 6) is -0.228. The van der Waals surface area contributed by atoms with E-state index in [1.54, 1.807) is 30.3 Å². The van der Waals surface area contributed by atoms with Gasteiger partial charge in [-0.2, -0.15) is 0 Å². The Balaban J connectivity index is 1.32. The number of carbonyl (C=O) groups excluding carboxylic acids is 2. The van der Waals surface area contributed by atoms with Crippen molar-refractivity contribution in [2.45, 2.75) is 49.5 Å². The summed E-state index contributed by atoms with van der Waals surface area (Å²) in [6, 6.07) is 8.31. The summed E-state index contributed by atoms with van der Waals surface area (Å²) in [6.07, 6.45) is 5.01. The van der Waals surface area contributed by atoms with Crippen LogP contribution >= 0.6 is 0 Å². The smallest absolute Gasteiger partial charge is 0.240 e. The topological polar surface area (TPSA) is 114 Å². The van der Waals surface area contributed by atoms with Crippen LogP contribution in [0.5, 0.6) is 0 Å². The van der Waals surface area contributed by atoms with E-state index in [1.807, 2.05) is 0 Å². The molecule has 1 aromatic rings. The maximum absolute atomic E-state index is 12.3. The highest BCUT2D eigenvalue weighted by Gasteiger charge is 2.27. The van der Waals surface area contributed by atoms with E-state index in [9.17, 15) is 18.0 Å². The SMILES string of the molecule is O=C(CNC(=O)C1CCC(CNS(=O)(=O)c2ccccc2)CC1)NC[C@H]1CCCO1. The van der Waals surface area contributed by atoms with Gasteiger partial charge in [-0.1, -0.05) is 18.2 Å².